The van der Waals surface area contributed by atoms with Crippen LogP contribution in [0.5, 0.6) is 5.75 Å². The Balaban J connectivity index is 2.12. The molecular weight excluding hydrogens is 464 g/mol. The molecule has 2 amide bonds. The molecule has 0 radical (unpaired) electrons. The first-order valence-electron chi connectivity index (χ1n) is 10.1. The fraction of sp³-hybridized carbons (Fsp3) is 0.381. The summed E-state index contributed by atoms with van der Waals surface area (Å²) < 4.78 is 81.1. The second-order valence-corrected chi connectivity index (χ2v) is 8.18. The van der Waals surface area contributed by atoms with Crippen LogP contribution in [-0.2, 0) is 9.53 Å². The number of methoxy groups -OCH3 is 1. The highest BCUT2D eigenvalue weighted by Gasteiger charge is 2.66. The molecule has 1 aromatic heterocycles. The number of nitrogens with one attached hydrogen (secondary N) is 1. The van der Waals surface area contributed by atoms with Gasteiger partial charge in [-0.05, 0) is 19.1 Å². The zero-order valence-corrected chi connectivity index (χ0v) is 18.6. The standard InChI is InChI=1S/C21H21BF5N3O4/c1-8-13(10-7-11(22)14(23)15(24)16(10)33-3)17(34-20(8,2)21(25,26)27)19(32)30-9-4-5-29-12(6-9)18(28)31/h4-8,13,17H,22H2,1-3H3,(H2,28,31)(H,29,30,32)/t8-,13-,17+,20+/m0/s1. The van der Waals surface area contributed by atoms with Gasteiger partial charge in [-0.1, -0.05) is 18.5 Å². The molecule has 34 heavy (non-hydrogen) atoms. The Bertz CT molecular complexity index is 1150. The first kappa shape index (κ1) is 25.4. The second kappa shape index (κ2) is 8.86. The van der Waals surface area contributed by atoms with Gasteiger partial charge in [-0.3, -0.25) is 14.6 Å². The number of aromatic nitrogens is 1. The van der Waals surface area contributed by atoms with Gasteiger partial charge in [0, 0.05) is 29.3 Å². The number of nitrogens with zero attached hydrogens (tertiary/aromatic N) is 1. The summed E-state index contributed by atoms with van der Waals surface area (Å²) in [5, 5.41) is 2.38. The molecule has 1 fully saturated rings. The van der Waals surface area contributed by atoms with Gasteiger partial charge in [-0.15, -0.1) is 0 Å². The molecule has 3 rings (SSSR count). The van der Waals surface area contributed by atoms with E-state index in [9.17, 15) is 31.5 Å². The van der Waals surface area contributed by atoms with Crippen molar-refractivity contribution in [2.75, 3.05) is 12.4 Å². The minimum atomic E-state index is -4.89. The van der Waals surface area contributed by atoms with Gasteiger partial charge in [0.25, 0.3) is 11.8 Å². The van der Waals surface area contributed by atoms with Crippen molar-refractivity contribution < 1.29 is 41.0 Å². The average Bonchev–Trinajstić information content (AvgIpc) is 3.04. The van der Waals surface area contributed by atoms with Gasteiger partial charge >= 0.3 is 6.18 Å². The van der Waals surface area contributed by atoms with Gasteiger partial charge in [-0.2, -0.15) is 17.6 Å². The molecule has 0 unspecified atom stereocenters. The summed E-state index contributed by atoms with van der Waals surface area (Å²) >= 11 is 0. The molecular formula is C21H21BF5N3O4. The van der Waals surface area contributed by atoms with Crippen LogP contribution in [0.4, 0.5) is 27.6 Å². The van der Waals surface area contributed by atoms with E-state index in [0.717, 1.165) is 26.2 Å². The van der Waals surface area contributed by atoms with E-state index in [1.54, 1.807) is 0 Å². The predicted octanol–water partition coefficient (Wildman–Crippen LogP) is 1.80. The van der Waals surface area contributed by atoms with Gasteiger partial charge in [0.15, 0.2) is 23.0 Å². The molecule has 1 saturated heterocycles. The number of ether oxygens (including phenoxy) is 2. The smallest absolute Gasteiger partial charge is 0.417 e. The summed E-state index contributed by atoms with van der Waals surface area (Å²) in [6, 6.07) is 3.57. The van der Waals surface area contributed by atoms with E-state index in [0.29, 0.717) is 0 Å². The highest BCUT2D eigenvalue weighted by atomic mass is 19.4. The van der Waals surface area contributed by atoms with Crippen molar-refractivity contribution >= 4 is 30.8 Å². The molecule has 1 aliphatic rings. The quantitative estimate of drug-likeness (QED) is 0.497. The number of halogens is 5. The van der Waals surface area contributed by atoms with Gasteiger partial charge in [0.2, 0.25) is 0 Å². The number of hydrogen-bond acceptors (Lipinski definition) is 5. The Morgan fingerprint density at radius 3 is 2.47 bits per heavy atom. The van der Waals surface area contributed by atoms with Crippen LogP contribution in [0.2, 0.25) is 0 Å². The van der Waals surface area contributed by atoms with E-state index in [1.165, 1.54) is 27.0 Å². The van der Waals surface area contributed by atoms with Crippen LogP contribution in [0.25, 0.3) is 0 Å². The molecule has 0 saturated carbocycles. The number of anilines is 1. The summed E-state index contributed by atoms with van der Waals surface area (Å²) in [6.45, 7) is 1.99. The number of carbonyl (C=O) groups excluding carboxylic acids is 2. The molecule has 4 atom stereocenters. The topological polar surface area (TPSA) is 104 Å². The number of amides is 2. The van der Waals surface area contributed by atoms with Crippen LogP contribution in [0.15, 0.2) is 24.4 Å². The highest BCUT2D eigenvalue weighted by Crippen LogP contribution is 2.54. The third-order valence-electron chi connectivity index (χ3n) is 6.14. The number of hydrogen-bond donors (Lipinski definition) is 2. The summed E-state index contributed by atoms with van der Waals surface area (Å²) in [6.07, 6.45) is -5.49. The van der Waals surface area contributed by atoms with Crippen molar-refractivity contribution in [1.29, 1.82) is 0 Å². The molecule has 2 aromatic rings. The van der Waals surface area contributed by atoms with Crippen LogP contribution < -0.4 is 21.3 Å². The van der Waals surface area contributed by atoms with E-state index < -0.39 is 58.9 Å². The third-order valence-corrected chi connectivity index (χ3v) is 6.14. The van der Waals surface area contributed by atoms with Crippen molar-refractivity contribution in [3.8, 4) is 5.75 Å². The van der Waals surface area contributed by atoms with Gasteiger partial charge in [-0.25, -0.2) is 4.39 Å². The number of pyridine rings is 1. The molecule has 182 valence electrons. The van der Waals surface area contributed by atoms with E-state index in [2.05, 4.69) is 10.3 Å². The normalized spacial score (nSPS) is 24.6. The zero-order valence-electron chi connectivity index (χ0n) is 18.6. The van der Waals surface area contributed by atoms with Crippen molar-refractivity contribution in [1.82, 2.24) is 4.98 Å². The van der Waals surface area contributed by atoms with Crippen LogP contribution >= 0.6 is 0 Å². The SMILES string of the molecule is Bc1cc([C@H]2[C@H](C(=O)Nc3ccnc(C(N)=O)c3)O[C@@](C)(C(F)(F)F)[C@H]2C)c(OC)c(F)c1F. The van der Waals surface area contributed by atoms with Crippen molar-refractivity contribution in [3.05, 3.63) is 47.3 Å². The molecule has 0 bridgehead atoms. The van der Waals surface area contributed by atoms with E-state index in [4.69, 9.17) is 15.2 Å². The van der Waals surface area contributed by atoms with Crippen LogP contribution in [-0.4, -0.2) is 49.6 Å². The molecule has 0 spiro atoms. The van der Waals surface area contributed by atoms with Crippen LogP contribution in [0.1, 0.15) is 35.8 Å². The number of rotatable bonds is 5. The van der Waals surface area contributed by atoms with Gasteiger partial charge in [0.05, 0.1) is 7.11 Å². The lowest BCUT2D eigenvalue weighted by molar-refractivity contribution is -0.272. The minimum absolute atomic E-state index is 0.0258. The van der Waals surface area contributed by atoms with Crippen LogP contribution in [0, 0.1) is 17.6 Å². The Morgan fingerprint density at radius 2 is 1.91 bits per heavy atom. The lowest BCUT2D eigenvalue weighted by Gasteiger charge is -2.32. The molecule has 3 N–H and O–H groups in total. The minimum Gasteiger partial charge on any atom is -0.493 e. The maximum absolute atomic E-state index is 14.6. The molecule has 0 aliphatic carbocycles. The van der Waals surface area contributed by atoms with Crippen molar-refractivity contribution in [3.63, 3.8) is 0 Å². The van der Waals surface area contributed by atoms with E-state index >= 15 is 0 Å². The lowest BCUT2D eigenvalue weighted by Crippen LogP contribution is -2.47. The highest BCUT2D eigenvalue weighted by molar-refractivity contribution is 6.32. The first-order chi connectivity index (χ1) is 15.7. The largest absolute Gasteiger partial charge is 0.493 e. The lowest BCUT2D eigenvalue weighted by atomic mass is 9.75. The summed E-state index contributed by atoms with van der Waals surface area (Å²) in [4.78, 5) is 28.2. The third kappa shape index (κ3) is 4.19. The fourth-order valence-corrected chi connectivity index (χ4v) is 4.10. The van der Waals surface area contributed by atoms with Gasteiger partial charge < -0.3 is 20.5 Å². The Labute approximate surface area is 192 Å². The number of benzene rings is 1. The molecule has 1 aromatic carbocycles. The number of nitrogens with two attached hydrogens (primary N) is 1. The molecule has 1 aliphatic heterocycles. The summed E-state index contributed by atoms with van der Waals surface area (Å²) in [5.41, 5.74) is 1.88. The number of primary amides is 1. The number of carbonyl (C=O) groups is 2. The summed E-state index contributed by atoms with van der Waals surface area (Å²) in [5.74, 6) is -7.88. The summed E-state index contributed by atoms with van der Waals surface area (Å²) in [7, 11) is 2.28. The Morgan fingerprint density at radius 1 is 1.26 bits per heavy atom. The molecule has 2 heterocycles. The Kier molecular flexibility index (Phi) is 6.62. The monoisotopic (exact) mass is 485 g/mol. The first-order valence-corrected chi connectivity index (χ1v) is 10.1. The fourth-order valence-electron chi connectivity index (χ4n) is 4.10. The van der Waals surface area contributed by atoms with Crippen LogP contribution in [0.3, 0.4) is 0 Å². The van der Waals surface area contributed by atoms with Gasteiger partial charge in [0.1, 0.15) is 19.6 Å². The van der Waals surface area contributed by atoms with Crippen molar-refractivity contribution in [2.24, 2.45) is 11.7 Å². The second-order valence-electron chi connectivity index (χ2n) is 8.18. The maximum Gasteiger partial charge on any atom is 0.417 e. The number of alkyl halides is 3. The average molecular weight is 485 g/mol. The predicted molar refractivity (Wildman–Crippen MR) is 114 cm³/mol. The van der Waals surface area contributed by atoms with E-state index in [1.807, 2.05) is 0 Å². The molecule has 13 heteroatoms. The van der Waals surface area contributed by atoms with E-state index in [-0.39, 0.29) is 22.4 Å². The maximum atomic E-state index is 14.6. The zero-order chi connectivity index (χ0) is 25.6. The van der Waals surface area contributed by atoms with Crippen molar-refractivity contribution in [2.45, 2.75) is 37.6 Å². The Hall–Kier alpha value is -3.22. The molecule has 7 nitrogen and oxygen atoms in total.